The molecule has 112 valence electrons. The molecule has 0 fully saturated rings. The monoisotopic (exact) mass is 328 g/mol. The van der Waals surface area contributed by atoms with Crippen LogP contribution in [0.2, 0.25) is 5.02 Å². The third-order valence-corrected chi connectivity index (χ3v) is 5.32. The van der Waals surface area contributed by atoms with Crippen LogP contribution in [0.15, 0.2) is 47.4 Å². The van der Waals surface area contributed by atoms with E-state index in [1.165, 1.54) is 37.4 Å². The molecule has 0 atom stereocenters. The Bertz CT molecular complexity index is 765. The van der Waals surface area contributed by atoms with Gasteiger partial charge in [-0.15, -0.1) is 0 Å². The fourth-order valence-corrected chi connectivity index (χ4v) is 3.61. The van der Waals surface area contributed by atoms with Crippen molar-refractivity contribution in [1.29, 1.82) is 0 Å². The highest BCUT2D eigenvalue weighted by Gasteiger charge is 2.25. The Hall–Kier alpha value is -1.63. The molecule has 0 radical (unpaired) electrons. The number of sulfonamides is 1. The van der Waals surface area contributed by atoms with E-state index < -0.39 is 15.8 Å². The summed E-state index contributed by atoms with van der Waals surface area (Å²) in [5.41, 5.74) is 6.15. The molecule has 0 amide bonds. The quantitative estimate of drug-likeness (QED) is 0.938. The van der Waals surface area contributed by atoms with Gasteiger partial charge in [0.15, 0.2) is 0 Å². The molecule has 2 rings (SSSR count). The zero-order valence-corrected chi connectivity index (χ0v) is 12.8. The van der Waals surface area contributed by atoms with Gasteiger partial charge in [-0.3, -0.25) is 4.31 Å². The lowest BCUT2D eigenvalue weighted by molar-refractivity contribution is 0.589. The maximum absolute atomic E-state index is 13.7. The van der Waals surface area contributed by atoms with Crippen molar-refractivity contribution in [3.05, 3.63) is 58.9 Å². The van der Waals surface area contributed by atoms with Crippen LogP contribution in [0.3, 0.4) is 0 Å². The predicted molar refractivity (Wildman–Crippen MR) is 81.3 cm³/mol. The number of benzene rings is 2. The second kappa shape index (κ2) is 6.01. The maximum atomic E-state index is 13.7. The first kappa shape index (κ1) is 15.8. The van der Waals surface area contributed by atoms with E-state index in [4.69, 9.17) is 17.3 Å². The SMILES string of the molecule is CN(c1ccccc1F)S(=O)(=O)c1ccc(CN)cc1Cl. The minimum absolute atomic E-state index is 0.0449. The van der Waals surface area contributed by atoms with Gasteiger partial charge in [0.2, 0.25) is 0 Å². The molecule has 2 N–H and O–H groups in total. The maximum Gasteiger partial charge on any atom is 0.265 e. The lowest BCUT2D eigenvalue weighted by atomic mass is 10.2. The molecule has 0 aliphatic carbocycles. The third-order valence-electron chi connectivity index (χ3n) is 3.06. The largest absolute Gasteiger partial charge is 0.326 e. The van der Waals surface area contributed by atoms with Gasteiger partial charge in [0.05, 0.1) is 10.7 Å². The van der Waals surface area contributed by atoms with Crippen molar-refractivity contribution in [2.45, 2.75) is 11.4 Å². The number of anilines is 1. The molecule has 0 aliphatic rings. The number of hydrogen-bond acceptors (Lipinski definition) is 3. The topological polar surface area (TPSA) is 63.4 Å². The first-order chi connectivity index (χ1) is 9.87. The van der Waals surface area contributed by atoms with Gasteiger partial charge in [0, 0.05) is 13.6 Å². The van der Waals surface area contributed by atoms with E-state index in [2.05, 4.69) is 0 Å². The first-order valence-electron chi connectivity index (χ1n) is 6.10. The van der Waals surface area contributed by atoms with Crippen LogP contribution in [0.4, 0.5) is 10.1 Å². The second-order valence-corrected chi connectivity index (χ2v) is 6.74. The summed E-state index contributed by atoms with van der Waals surface area (Å²) in [5, 5.41) is 0.0566. The summed E-state index contributed by atoms with van der Waals surface area (Å²) in [6.07, 6.45) is 0. The average Bonchev–Trinajstić information content (AvgIpc) is 2.46. The Morgan fingerprint density at radius 3 is 2.48 bits per heavy atom. The van der Waals surface area contributed by atoms with Crippen LogP contribution >= 0.6 is 11.6 Å². The minimum Gasteiger partial charge on any atom is -0.326 e. The molecule has 0 heterocycles. The van der Waals surface area contributed by atoms with Gasteiger partial charge in [-0.25, -0.2) is 12.8 Å². The summed E-state index contributed by atoms with van der Waals surface area (Å²) in [5.74, 6) is -0.627. The van der Waals surface area contributed by atoms with Gasteiger partial charge in [0.25, 0.3) is 10.0 Å². The minimum atomic E-state index is -3.95. The van der Waals surface area contributed by atoms with Crippen LogP contribution in [-0.4, -0.2) is 15.5 Å². The normalized spacial score (nSPS) is 11.4. The number of rotatable bonds is 4. The second-order valence-electron chi connectivity index (χ2n) is 4.39. The van der Waals surface area contributed by atoms with E-state index in [9.17, 15) is 12.8 Å². The Labute approximate surface area is 128 Å². The van der Waals surface area contributed by atoms with Crippen LogP contribution in [0.25, 0.3) is 0 Å². The zero-order valence-electron chi connectivity index (χ0n) is 11.3. The smallest absolute Gasteiger partial charge is 0.265 e. The molecule has 2 aromatic carbocycles. The van der Waals surface area contributed by atoms with Crippen molar-refractivity contribution < 1.29 is 12.8 Å². The predicted octanol–water partition coefficient (Wildman–Crippen LogP) is 2.76. The molecule has 0 saturated heterocycles. The molecule has 0 spiro atoms. The van der Waals surface area contributed by atoms with Crippen molar-refractivity contribution in [3.8, 4) is 0 Å². The lowest BCUT2D eigenvalue weighted by Gasteiger charge is -2.20. The molecular formula is C14H14ClFN2O2S. The summed E-state index contributed by atoms with van der Waals surface area (Å²) in [4.78, 5) is -0.0906. The highest BCUT2D eigenvalue weighted by molar-refractivity contribution is 7.93. The van der Waals surface area contributed by atoms with Crippen LogP contribution in [0.5, 0.6) is 0 Å². The standard InChI is InChI=1S/C14H14ClFN2O2S/c1-18(13-5-3-2-4-12(13)16)21(19,20)14-7-6-10(9-17)8-11(14)15/h2-8H,9,17H2,1H3. The molecule has 0 aromatic heterocycles. The number of para-hydroxylation sites is 1. The number of nitrogens with two attached hydrogens (primary N) is 1. The van der Waals surface area contributed by atoms with Gasteiger partial charge in [-0.1, -0.05) is 29.8 Å². The van der Waals surface area contributed by atoms with Crippen LogP contribution in [0.1, 0.15) is 5.56 Å². The molecule has 7 heteroatoms. The summed E-state index contributed by atoms with van der Waals surface area (Å²) in [6.45, 7) is 0.253. The van der Waals surface area contributed by atoms with Gasteiger partial charge in [0.1, 0.15) is 10.7 Å². The van der Waals surface area contributed by atoms with E-state index in [-0.39, 0.29) is 22.2 Å². The van der Waals surface area contributed by atoms with Crippen molar-refractivity contribution in [3.63, 3.8) is 0 Å². The fourth-order valence-electron chi connectivity index (χ4n) is 1.86. The van der Waals surface area contributed by atoms with Crippen LogP contribution < -0.4 is 10.0 Å². The Balaban J connectivity index is 2.50. The number of halogens is 2. The van der Waals surface area contributed by atoms with E-state index in [0.29, 0.717) is 5.56 Å². The zero-order chi connectivity index (χ0) is 15.6. The molecule has 0 aliphatic heterocycles. The van der Waals surface area contributed by atoms with Gasteiger partial charge in [-0.05, 0) is 29.8 Å². The van der Waals surface area contributed by atoms with Crippen molar-refractivity contribution in [2.24, 2.45) is 5.73 Å². The lowest BCUT2D eigenvalue weighted by Crippen LogP contribution is -2.27. The van der Waals surface area contributed by atoms with Crippen molar-refractivity contribution >= 4 is 27.3 Å². The van der Waals surface area contributed by atoms with E-state index >= 15 is 0 Å². The van der Waals surface area contributed by atoms with Crippen molar-refractivity contribution in [2.75, 3.05) is 11.4 Å². The van der Waals surface area contributed by atoms with E-state index in [0.717, 1.165) is 4.31 Å². The Kier molecular flexibility index (Phi) is 4.51. The highest BCUT2D eigenvalue weighted by atomic mass is 35.5. The summed E-state index contributed by atoms with van der Waals surface area (Å²) in [7, 11) is -2.67. The molecular weight excluding hydrogens is 315 g/mol. The van der Waals surface area contributed by atoms with E-state index in [1.807, 2.05) is 0 Å². The van der Waals surface area contributed by atoms with Gasteiger partial charge in [-0.2, -0.15) is 0 Å². The molecule has 0 saturated carbocycles. The highest BCUT2D eigenvalue weighted by Crippen LogP contribution is 2.29. The van der Waals surface area contributed by atoms with Crippen LogP contribution in [-0.2, 0) is 16.6 Å². The fraction of sp³-hybridized carbons (Fsp3) is 0.143. The molecule has 4 nitrogen and oxygen atoms in total. The Morgan fingerprint density at radius 2 is 1.90 bits per heavy atom. The van der Waals surface area contributed by atoms with Crippen molar-refractivity contribution in [1.82, 2.24) is 0 Å². The summed E-state index contributed by atoms with van der Waals surface area (Å²) < 4.78 is 39.7. The number of nitrogens with zero attached hydrogens (tertiary/aromatic N) is 1. The average molecular weight is 329 g/mol. The first-order valence-corrected chi connectivity index (χ1v) is 7.91. The summed E-state index contributed by atoms with van der Waals surface area (Å²) >= 11 is 6.01. The molecule has 21 heavy (non-hydrogen) atoms. The summed E-state index contributed by atoms with van der Waals surface area (Å²) in [6, 6.07) is 10.1. The molecule has 0 unspecified atom stereocenters. The van der Waals surface area contributed by atoms with Gasteiger partial charge >= 0.3 is 0 Å². The number of hydrogen-bond donors (Lipinski definition) is 1. The molecule has 0 bridgehead atoms. The molecule has 2 aromatic rings. The Morgan fingerprint density at radius 1 is 1.24 bits per heavy atom. The van der Waals surface area contributed by atoms with Gasteiger partial charge < -0.3 is 5.73 Å². The third kappa shape index (κ3) is 3.02. The van der Waals surface area contributed by atoms with Crippen LogP contribution in [0, 0.1) is 5.82 Å². The van der Waals surface area contributed by atoms with E-state index in [1.54, 1.807) is 12.1 Å².